The average Bonchev–Trinajstić information content (AvgIpc) is 3.29. The number of ether oxygens (including phenoxy) is 1. The number of nitrogens with zero attached hydrogens (tertiary/aromatic N) is 2. The predicted octanol–water partition coefficient (Wildman–Crippen LogP) is 3.08. The van der Waals surface area contributed by atoms with Crippen LogP contribution in [0.25, 0.3) is 11.3 Å². The maximum Gasteiger partial charge on any atom is 0.307 e. The summed E-state index contributed by atoms with van der Waals surface area (Å²) in [7, 11) is 1.64. The van der Waals surface area contributed by atoms with Gasteiger partial charge in [0.1, 0.15) is 5.75 Å². The SMILES string of the molecule is CCn1c(-c2ccc(OC)cc2)cs/c1=N/NC(=O)c1ccco1. The van der Waals surface area contributed by atoms with Crippen molar-refractivity contribution in [2.24, 2.45) is 5.10 Å². The lowest BCUT2D eigenvalue weighted by Crippen LogP contribution is -2.24. The van der Waals surface area contributed by atoms with Gasteiger partial charge >= 0.3 is 5.91 Å². The van der Waals surface area contributed by atoms with Gasteiger partial charge in [0, 0.05) is 11.9 Å². The van der Waals surface area contributed by atoms with E-state index in [1.165, 1.54) is 17.6 Å². The van der Waals surface area contributed by atoms with Crippen LogP contribution in [0, 0.1) is 0 Å². The summed E-state index contributed by atoms with van der Waals surface area (Å²) in [4.78, 5) is 12.6. The number of benzene rings is 1. The summed E-state index contributed by atoms with van der Waals surface area (Å²) in [6.45, 7) is 2.77. The van der Waals surface area contributed by atoms with Crippen molar-refractivity contribution < 1.29 is 13.9 Å². The van der Waals surface area contributed by atoms with E-state index in [1.807, 2.05) is 41.1 Å². The first kappa shape index (κ1) is 16.1. The molecular weight excluding hydrogens is 326 g/mol. The highest BCUT2D eigenvalue weighted by Crippen LogP contribution is 2.22. The van der Waals surface area contributed by atoms with Crippen LogP contribution < -0.4 is 15.0 Å². The third-order valence-electron chi connectivity index (χ3n) is 3.50. The first-order chi connectivity index (χ1) is 11.7. The third-order valence-corrected chi connectivity index (χ3v) is 4.36. The van der Waals surface area contributed by atoms with Crippen molar-refractivity contribution in [3.8, 4) is 17.0 Å². The summed E-state index contributed by atoms with van der Waals surface area (Å²) in [5, 5.41) is 6.23. The molecule has 0 unspecified atom stereocenters. The maximum atomic E-state index is 11.9. The molecule has 0 spiro atoms. The van der Waals surface area contributed by atoms with Crippen molar-refractivity contribution in [3.05, 3.63) is 58.6 Å². The van der Waals surface area contributed by atoms with Crippen molar-refractivity contribution in [1.29, 1.82) is 0 Å². The molecule has 0 radical (unpaired) electrons. The van der Waals surface area contributed by atoms with E-state index in [-0.39, 0.29) is 11.7 Å². The van der Waals surface area contributed by atoms with Crippen molar-refractivity contribution in [2.45, 2.75) is 13.5 Å². The Hall–Kier alpha value is -2.80. The number of thiazole rings is 1. The smallest absolute Gasteiger partial charge is 0.307 e. The van der Waals surface area contributed by atoms with Crippen LogP contribution in [-0.2, 0) is 6.54 Å². The first-order valence-corrected chi connectivity index (χ1v) is 8.31. The van der Waals surface area contributed by atoms with Crippen LogP contribution in [0.5, 0.6) is 5.75 Å². The largest absolute Gasteiger partial charge is 0.497 e. The highest BCUT2D eigenvalue weighted by molar-refractivity contribution is 7.07. The van der Waals surface area contributed by atoms with Crippen LogP contribution in [0.1, 0.15) is 17.5 Å². The highest BCUT2D eigenvalue weighted by atomic mass is 32.1. The van der Waals surface area contributed by atoms with Crippen LogP contribution in [0.15, 0.2) is 57.6 Å². The Kier molecular flexibility index (Phi) is 4.81. The van der Waals surface area contributed by atoms with Gasteiger partial charge < -0.3 is 13.7 Å². The fourth-order valence-electron chi connectivity index (χ4n) is 2.28. The van der Waals surface area contributed by atoms with E-state index in [0.717, 1.165) is 23.6 Å². The minimum Gasteiger partial charge on any atom is -0.497 e. The number of rotatable bonds is 5. The molecule has 0 atom stereocenters. The fourth-order valence-corrected chi connectivity index (χ4v) is 3.21. The number of carbonyl (C=O) groups excluding carboxylic acids is 1. The number of aromatic nitrogens is 1. The van der Waals surface area contributed by atoms with E-state index < -0.39 is 0 Å². The van der Waals surface area contributed by atoms with E-state index in [9.17, 15) is 4.79 Å². The van der Waals surface area contributed by atoms with Crippen molar-refractivity contribution in [1.82, 2.24) is 9.99 Å². The molecule has 0 saturated carbocycles. The zero-order valence-corrected chi connectivity index (χ0v) is 14.2. The quantitative estimate of drug-likeness (QED) is 0.724. The van der Waals surface area contributed by atoms with Crippen LogP contribution >= 0.6 is 11.3 Å². The van der Waals surface area contributed by atoms with Gasteiger partial charge in [-0.15, -0.1) is 16.4 Å². The molecule has 2 heterocycles. The summed E-state index contributed by atoms with van der Waals surface area (Å²) in [5.74, 6) is 0.670. The lowest BCUT2D eigenvalue weighted by molar-refractivity contribution is 0.0925. The predicted molar refractivity (Wildman–Crippen MR) is 91.7 cm³/mol. The molecule has 0 bridgehead atoms. The van der Waals surface area contributed by atoms with Crippen LogP contribution in [0.2, 0.25) is 0 Å². The number of hydrogen-bond donors (Lipinski definition) is 1. The molecule has 124 valence electrons. The number of nitrogens with one attached hydrogen (secondary N) is 1. The van der Waals surface area contributed by atoms with E-state index in [2.05, 4.69) is 10.5 Å². The standard InChI is InChI=1S/C17H17N3O3S/c1-3-20-14(12-6-8-13(22-2)9-7-12)11-24-17(20)19-18-16(21)15-5-4-10-23-15/h4-11H,3H2,1-2H3,(H,18,21)/b19-17+. The van der Waals surface area contributed by atoms with Gasteiger partial charge in [0.15, 0.2) is 5.76 Å². The summed E-state index contributed by atoms with van der Waals surface area (Å²) >= 11 is 1.46. The van der Waals surface area contributed by atoms with Crippen LogP contribution in [-0.4, -0.2) is 17.6 Å². The molecule has 6 nitrogen and oxygen atoms in total. The van der Waals surface area contributed by atoms with Crippen LogP contribution in [0.3, 0.4) is 0 Å². The summed E-state index contributed by atoms with van der Waals surface area (Å²) < 4.78 is 12.3. The normalized spacial score (nSPS) is 11.5. The van der Waals surface area contributed by atoms with Gasteiger partial charge in [0.05, 0.1) is 19.1 Å². The van der Waals surface area contributed by atoms with Gasteiger partial charge in [-0.25, -0.2) is 5.43 Å². The Balaban J connectivity index is 1.88. The van der Waals surface area contributed by atoms with E-state index in [0.29, 0.717) is 4.80 Å². The highest BCUT2D eigenvalue weighted by Gasteiger charge is 2.09. The molecule has 0 fully saturated rings. The third kappa shape index (κ3) is 3.26. The van der Waals surface area contributed by atoms with Gasteiger partial charge in [-0.05, 0) is 48.9 Å². The maximum absolute atomic E-state index is 11.9. The molecule has 0 aliphatic carbocycles. The Bertz CT molecular complexity index is 877. The summed E-state index contributed by atoms with van der Waals surface area (Å²) in [6, 6.07) is 11.1. The minimum absolute atomic E-state index is 0.230. The molecule has 3 rings (SSSR count). The van der Waals surface area contributed by atoms with E-state index in [1.54, 1.807) is 19.2 Å². The second-order valence-electron chi connectivity index (χ2n) is 4.91. The number of amides is 1. The number of hydrogen-bond acceptors (Lipinski definition) is 5. The molecule has 2 aromatic heterocycles. The zero-order valence-electron chi connectivity index (χ0n) is 13.4. The monoisotopic (exact) mass is 343 g/mol. The van der Waals surface area contributed by atoms with Gasteiger partial charge in [-0.2, -0.15) is 0 Å². The second-order valence-corrected chi connectivity index (χ2v) is 5.74. The molecule has 1 N–H and O–H groups in total. The molecule has 7 heteroatoms. The van der Waals surface area contributed by atoms with Crippen molar-refractivity contribution in [3.63, 3.8) is 0 Å². The van der Waals surface area contributed by atoms with Gasteiger partial charge in [-0.1, -0.05) is 0 Å². The molecule has 1 amide bonds. The Morgan fingerprint density at radius 3 is 2.75 bits per heavy atom. The minimum atomic E-state index is -0.373. The number of furan rings is 1. The lowest BCUT2D eigenvalue weighted by atomic mass is 10.1. The van der Waals surface area contributed by atoms with E-state index in [4.69, 9.17) is 9.15 Å². The Labute approximate surface area is 143 Å². The van der Waals surface area contributed by atoms with Gasteiger partial charge in [-0.3, -0.25) is 4.79 Å². The number of methoxy groups -OCH3 is 1. The topological polar surface area (TPSA) is 68.8 Å². The lowest BCUT2D eigenvalue weighted by Gasteiger charge is -2.07. The molecule has 0 aliphatic heterocycles. The van der Waals surface area contributed by atoms with Gasteiger partial charge in [0.25, 0.3) is 0 Å². The molecule has 1 aromatic carbocycles. The molecule has 0 saturated heterocycles. The van der Waals surface area contributed by atoms with Crippen LogP contribution in [0.4, 0.5) is 0 Å². The number of carbonyl (C=O) groups is 1. The molecule has 24 heavy (non-hydrogen) atoms. The second kappa shape index (κ2) is 7.18. The average molecular weight is 343 g/mol. The Morgan fingerprint density at radius 1 is 1.33 bits per heavy atom. The molecule has 3 aromatic rings. The van der Waals surface area contributed by atoms with Crippen molar-refractivity contribution >= 4 is 17.2 Å². The zero-order chi connectivity index (χ0) is 16.9. The Morgan fingerprint density at radius 2 is 2.12 bits per heavy atom. The van der Waals surface area contributed by atoms with Crippen molar-refractivity contribution in [2.75, 3.05) is 7.11 Å². The first-order valence-electron chi connectivity index (χ1n) is 7.43. The molecule has 0 aliphatic rings. The van der Waals surface area contributed by atoms with Gasteiger partial charge in [0.2, 0.25) is 4.80 Å². The van der Waals surface area contributed by atoms with E-state index >= 15 is 0 Å². The fraction of sp³-hybridized carbons (Fsp3) is 0.176. The molecular formula is C17H17N3O3S. The summed E-state index contributed by atoms with van der Waals surface area (Å²) in [6.07, 6.45) is 1.45. The summed E-state index contributed by atoms with van der Waals surface area (Å²) in [5.41, 5.74) is 4.62.